The van der Waals surface area contributed by atoms with E-state index in [0.29, 0.717) is 18.0 Å². The SMILES string of the molecule is O=C(O)c1ccc2c(c1)NC(=O)C1(CCCC1)CO2. The minimum Gasteiger partial charge on any atom is -0.490 e. The molecule has 2 N–H and O–H groups in total. The second-order valence-corrected chi connectivity index (χ2v) is 5.25. The largest absolute Gasteiger partial charge is 0.490 e. The van der Waals surface area contributed by atoms with Gasteiger partial charge in [0, 0.05) is 0 Å². The second-order valence-electron chi connectivity index (χ2n) is 5.25. The molecule has 1 saturated carbocycles. The van der Waals surface area contributed by atoms with Crippen LogP contribution >= 0.6 is 0 Å². The molecule has 1 amide bonds. The number of amides is 1. The smallest absolute Gasteiger partial charge is 0.335 e. The molecule has 1 aromatic rings. The van der Waals surface area contributed by atoms with Crippen LogP contribution in [0.3, 0.4) is 0 Å². The summed E-state index contributed by atoms with van der Waals surface area (Å²) in [6, 6.07) is 4.54. The van der Waals surface area contributed by atoms with Gasteiger partial charge in [0.25, 0.3) is 0 Å². The van der Waals surface area contributed by atoms with Crippen molar-refractivity contribution in [1.29, 1.82) is 0 Å². The number of benzene rings is 1. The Morgan fingerprint density at radius 1 is 1.32 bits per heavy atom. The molecule has 0 radical (unpaired) electrons. The van der Waals surface area contributed by atoms with E-state index in [1.54, 1.807) is 6.07 Å². The van der Waals surface area contributed by atoms with Crippen LogP contribution in [0.5, 0.6) is 5.75 Å². The zero-order chi connectivity index (χ0) is 13.5. The monoisotopic (exact) mass is 261 g/mol. The standard InChI is InChI=1S/C14H15NO4/c16-12(17)9-3-4-11-10(7-9)15-13(18)14(8-19-11)5-1-2-6-14/h3-4,7H,1-2,5-6,8H2,(H,15,18)(H,16,17). The van der Waals surface area contributed by atoms with Crippen molar-refractivity contribution >= 4 is 17.6 Å². The summed E-state index contributed by atoms with van der Waals surface area (Å²) in [5.41, 5.74) is 0.154. The molecule has 1 aromatic carbocycles. The second kappa shape index (κ2) is 4.26. The van der Waals surface area contributed by atoms with E-state index in [1.165, 1.54) is 12.1 Å². The van der Waals surface area contributed by atoms with Crippen LogP contribution in [-0.4, -0.2) is 23.6 Å². The van der Waals surface area contributed by atoms with Crippen molar-refractivity contribution in [2.24, 2.45) is 5.41 Å². The highest BCUT2D eigenvalue weighted by molar-refractivity contribution is 5.99. The van der Waals surface area contributed by atoms with Crippen LogP contribution in [0.1, 0.15) is 36.0 Å². The predicted octanol–water partition coefficient (Wildman–Crippen LogP) is 2.28. The molecule has 0 saturated heterocycles. The van der Waals surface area contributed by atoms with Crippen molar-refractivity contribution in [3.63, 3.8) is 0 Å². The van der Waals surface area contributed by atoms with E-state index in [1.807, 2.05) is 0 Å². The number of aromatic carboxylic acids is 1. The number of carbonyl (C=O) groups excluding carboxylic acids is 1. The Balaban J connectivity index is 1.95. The lowest BCUT2D eigenvalue weighted by molar-refractivity contribution is -0.126. The van der Waals surface area contributed by atoms with Gasteiger partial charge >= 0.3 is 5.97 Å². The highest BCUT2D eigenvalue weighted by Crippen LogP contribution is 2.43. The molecule has 3 rings (SSSR count). The maximum Gasteiger partial charge on any atom is 0.335 e. The van der Waals surface area contributed by atoms with Gasteiger partial charge in [0.15, 0.2) is 0 Å². The zero-order valence-electron chi connectivity index (χ0n) is 10.4. The van der Waals surface area contributed by atoms with Gasteiger partial charge in [-0.3, -0.25) is 4.79 Å². The summed E-state index contributed by atoms with van der Waals surface area (Å²) in [6.45, 7) is 0.373. The number of carboxylic acid groups (broad SMARTS) is 1. The van der Waals surface area contributed by atoms with Crippen molar-refractivity contribution in [2.75, 3.05) is 11.9 Å². The molecule has 1 spiro atoms. The molecule has 5 heteroatoms. The van der Waals surface area contributed by atoms with Gasteiger partial charge in [0.1, 0.15) is 12.4 Å². The topological polar surface area (TPSA) is 75.6 Å². The fourth-order valence-corrected chi connectivity index (χ4v) is 2.85. The molecule has 0 bridgehead atoms. The number of ether oxygens (including phenoxy) is 1. The number of fused-ring (bicyclic) bond motifs is 1. The van der Waals surface area contributed by atoms with Gasteiger partial charge in [-0.25, -0.2) is 4.79 Å². The molecule has 0 atom stereocenters. The molecule has 2 aliphatic rings. The first-order valence-corrected chi connectivity index (χ1v) is 6.42. The highest BCUT2D eigenvalue weighted by atomic mass is 16.5. The third-order valence-electron chi connectivity index (χ3n) is 4.02. The number of nitrogens with one attached hydrogen (secondary N) is 1. The first-order chi connectivity index (χ1) is 9.11. The molecule has 19 heavy (non-hydrogen) atoms. The first kappa shape index (κ1) is 12.0. The fourth-order valence-electron chi connectivity index (χ4n) is 2.85. The van der Waals surface area contributed by atoms with Gasteiger partial charge in [-0.1, -0.05) is 12.8 Å². The minimum absolute atomic E-state index is 0.0497. The zero-order valence-corrected chi connectivity index (χ0v) is 10.4. The van der Waals surface area contributed by atoms with Crippen molar-refractivity contribution in [1.82, 2.24) is 0 Å². The molecule has 0 unspecified atom stereocenters. The van der Waals surface area contributed by atoms with Gasteiger partial charge in [-0.2, -0.15) is 0 Å². The quantitative estimate of drug-likeness (QED) is 0.813. The van der Waals surface area contributed by atoms with Gasteiger partial charge in [0.2, 0.25) is 5.91 Å². The van der Waals surface area contributed by atoms with Crippen molar-refractivity contribution in [3.05, 3.63) is 23.8 Å². The van der Waals surface area contributed by atoms with Crippen LogP contribution in [0.25, 0.3) is 0 Å². The molecule has 100 valence electrons. The number of hydrogen-bond donors (Lipinski definition) is 2. The van der Waals surface area contributed by atoms with Crippen molar-refractivity contribution in [3.8, 4) is 5.75 Å². The van der Waals surface area contributed by atoms with E-state index in [-0.39, 0.29) is 11.5 Å². The van der Waals surface area contributed by atoms with Crippen molar-refractivity contribution < 1.29 is 19.4 Å². The highest BCUT2D eigenvalue weighted by Gasteiger charge is 2.43. The Morgan fingerprint density at radius 3 is 2.74 bits per heavy atom. The van der Waals surface area contributed by atoms with Crippen LogP contribution in [-0.2, 0) is 4.79 Å². The summed E-state index contributed by atoms with van der Waals surface area (Å²) in [5.74, 6) is -0.523. The summed E-state index contributed by atoms with van der Waals surface area (Å²) in [6.07, 6.45) is 3.73. The van der Waals surface area contributed by atoms with E-state index in [2.05, 4.69) is 5.32 Å². The molecule has 1 heterocycles. The summed E-state index contributed by atoms with van der Waals surface area (Å²) >= 11 is 0. The summed E-state index contributed by atoms with van der Waals surface area (Å²) in [7, 11) is 0. The van der Waals surface area contributed by atoms with E-state index >= 15 is 0 Å². The van der Waals surface area contributed by atoms with Crippen molar-refractivity contribution in [2.45, 2.75) is 25.7 Å². The lowest BCUT2D eigenvalue weighted by Crippen LogP contribution is -2.37. The number of carbonyl (C=O) groups is 2. The van der Waals surface area contributed by atoms with Gasteiger partial charge in [-0.05, 0) is 31.0 Å². The average Bonchev–Trinajstić information content (AvgIpc) is 2.81. The van der Waals surface area contributed by atoms with Crippen LogP contribution in [0, 0.1) is 5.41 Å². The molecular weight excluding hydrogens is 246 g/mol. The number of rotatable bonds is 1. The van der Waals surface area contributed by atoms with E-state index < -0.39 is 11.4 Å². The minimum atomic E-state index is -1.02. The van der Waals surface area contributed by atoms with Gasteiger partial charge < -0.3 is 15.2 Å². The van der Waals surface area contributed by atoms with Crippen LogP contribution in [0.15, 0.2) is 18.2 Å². The Bertz CT molecular complexity index is 546. The number of carboxylic acids is 1. The van der Waals surface area contributed by atoms with Crippen LogP contribution in [0.2, 0.25) is 0 Å². The van der Waals surface area contributed by atoms with E-state index in [0.717, 1.165) is 25.7 Å². The Kier molecular flexibility index (Phi) is 2.69. The third kappa shape index (κ3) is 1.95. The molecule has 0 aromatic heterocycles. The van der Waals surface area contributed by atoms with Crippen LogP contribution < -0.4 is 10.1 Å². The first-order valence-electron chi connectivity index (χ1n) is 6.42. The lowest BCUT2D eigenvalue weighted by atomic mass is 9.86. The Labute approximate surface area is 110 Å². The third-order valence-corrected chi connectivity index (χ3v) is 4.02. The van der Waals surface area contributed by atoms with Gasteiger partial charge in [-0.15, -0.1) is 0 Å². The maximum atomic E-state index is 12.3. The normalized spacial score (nSPS) is 20.3. The molecular formula is C14H15NO4. The predicted molar refractivity (Wildman–Crippen MR) is 68.4 cm³/mol. The fraction of sp³-hybridized carbons (Fsp3) is 0.429. The Morgan fingerprint density at radius 2 is 2.05 bits per heavy atom. The molecule has 1 aliphatic carbocycles. The molecule has 1 aliphatic heterocycles. The van der Waals surface area contributed by atoms with Gasteiger partial charge in [0.05, 0.1) is 16.7 Å². The Hall–Kier alpha value is -2.04. The number of anilines is 1. The van der Waals surface area contributed by atoms with E-state index in [9.17, 15) is 9.59 Å². The maximum absolute atomic E-state index is 12.3. The summed E-state index contributed by atoms with van der Waals surface area (Å²) < 4.78 is 5.72. The number of hydrogen-bond acceptors (Lipinski definition) is 3. The lowest BCUT2D eigenvalue weighted by Gasteiger charge is -2.23. The summed E-state index contributed by atoms with van der Waals surface area (Å²) in [5, 5.41) is 11.8. The molecule has 5 nitrogen and oxygen atoms in total. The summed E-state index contributed by atoms with van der Waals surface area (Å²) in [4.78, 5) is 23.3. The van der Waals surface area contributed by atoms with Crippen LogP contribution in [0.4, 0.5) is 5.69 Å². The molecule has 1 fully saturated rings. The average molecular weight is 261 g/mol. The van der Waals surface area contributed by atoms with E-state index in [4.69, 9.17) is 9.84 Å².